The number of benzene rings is 1. The number of carbonyl (C=O) groups is 1. The standard InChI is InChI=1S/C14H16ClNO/c15-13-7-2-1-6-12(13)8-9-14(17)16-10-11-4-3-5-11/h1-2,6-9,11H,3-5,10H2,(H,16,17)/b9-8+. The highest BCUT2D eigenvalue weighted by atomic mass is 35.5. The van der Waals surface area contributed by atoms with Gasteiger partial charge in [0.05, 0.1) is 0 Å². The van der Waals surface area contributed by atoms with Crippen LogP contribution in [0.4, 0.5) is 0 Å². The third-order valence-electron chi connectivity index (χ3n) is 3.11. The van der Waals surface area contributed by atoms with Crippen molar-refractivity contribution in [3.63, 3.8) is 0 Å². The normalized spacial score (nSPS) is 15.8. The summed E-state index contributed by atoms with van der Waals surface area (Å²) in [6.07, 6.45) is 7.08. The lowest BCUT2D eigenvalue weighted by Crippen LogP contribution is -2.30. The molecule has 0 spiro atoms. The number of halogens is 1. The first-order valence-corrected chi connectivity index (χ1v) is 6.34. The van der Waals surface area contributed by atoms with Gasteiger partial charge in [0.25, 0.3) is 0 Å². The fourth-order valence-corrected chi connectivity index (χ4v) is 1.98. The van der Waals surface area contributed by atoms with E-state index in [4.69, 9.17) is 11.6 Å². The fourth-order valence-electron chi connectivity index (χ4n) is 1.78. The topological polar surface area (TPSA) is 29.1 Å². The number of hydrogen-bond donors (Lipinski definition) is 1. The molecule has 1 fully saturated rings. The lowest BCUT2D eigenvalue weighted by molar-refractivity contribution is -0.116. The van der Waals surface area contributed by atoms with Gasteiger partial charge in [-0.25, -0.2) is 0 Å². The summed E-state index contributed by atoms with van der Waals surface area (Å²) in [5.74, 6) is 0.643. The van der Waals surface area contributed by atoms with E-state index < -0.39 is 0 Å². The Morgan fingerprint density at radius 2 is 2.18 bits per heavy atom. The molecule has 1 amide bonds. The Labute approximate surface area is 107 Å². The molecule has 1 aromatic carbocycles. The van der Waals surface area contributed by atoms with Crippen LogP contribution in [0.5, 0.6) is 0 Å². The van der Waals surface area contributed by atoms with Gasteiger partial charge in [-0.2, -0.15) is 0 Å². The fraction of sp³-hybridized carbons (Fsp3) is 0.357. The Kier molecular flexibility index (Phi) is 4.21. The lowest BCUT2D eigenvalue weighted by atomic mass is 9.85. The minimum absolute atomic E-state index is 0.0446. The zero-order valence-electron chi connectivity index (χ0n) is 9.66. The molecule has 0 unspecified atom stereocenters. The SMILES string of the molecule is O=C(/C=C/c1ccccc1Cl)NCC1CCC1. The number of rotatable bonds is 4. The van der Waals surface area contributed by atoms with Crippen molar-refractivity contribution >= 4 is 23.6 Å². The van der Waals surface area contributed by atoms with Gasteiger partial charge in [0, 0.05) is 17.6 Å². The second-order valence-electron chi connectivity index (χ2n) is 4.40. The largest absolute Gasteiger partial charge is 0.352 e. The molecule has 90 valence electrons. The van der Waals surface area contributed by atoms with Gasteiger partial charge >= 0.3 is 0 Å². The molecule has 0 aliphatic heterocycles. The number of carbonyl (C=O) groups excluding carboxylic acids is 1. The van der Waals surface area contributed by atoms with E-state index >= 15 is 0 Å². The Morgan fingerprint density at radius 1 is 1.41 bits per heavy atom. The van der Waals surface area contributed by atoms with E-state index in [1.165, 1.54) is 19.3 Å². The molecule has 1 aromatic rings. The molecule has 0 saturated heterocycles. The van der Waals surface area contributed by atoms with E-state index in [2.05, 4.69) is 5.32 Å². The molecule has 1 aliphatic carbocycles. The molecule has 0 aromatic heterocycles. The van der Waals surface area contributed by atoms with Crippen LogP contribution in [0.3, 0.4) is 0 Å². The van der Waals surface area contributed by atoms with Gasteiger partial charge < -0.3 is 5.32 Å². The van der Waals surface area contributed by atoms with Crippen molar-refractivity contribution in [2.24, 2.45) is 5.92 Å². The van der Waals surface area contributed by atoms with Gasteiger partial charge in [-0.05, 0) is 36.5 Å². The van der Waals surface area contributed by atoms with Crippen LogP contribution < -0.4 is 5.32 Å². The van der Waals surface area contributed by atoms with Crippen molar-refractivity contribution in [2.75, 3.05) is 6.54 Å². The minimum atomic E-state index is -0.0446. The molecule has 3 heteroatoms. The van der Waals surface area contributed by atoms with Crippen molar-refractivity contribution in [1.29, 1.82) is 0 Å². The van der Waals surface area contributed by atoms with E-state index in [9.17, 15) is 4.79 Å². The zero-order valence-corrected chi connectivity index (χ0v) is 10.4. The molecule has 1 N–H and O–H groups in total. The van der Waals surface area contributed by atoms with Crippen molar-refractivity contribution < 1.29 is 4.79 Å². The van der Waals surface area contributed by atoms with Crippen LogP contribution in [0.2, 0.25) is 5.02 Å². The molecule has 1 saturated carbocycles. The van der Waals surface area contributed by atoms with Gasteiger partial charge in [-0.15, -0.1) is 0 Å². The summed E-state index contributed by atoms with van der Waals surface area (Å²) in [6.45, 7) is 0.797. The summed E-state index contributed by atoms with van der Waals surface area (Å²) in [5.41, 5.74) is 0.868. The Hall–Kier alpha value is -1.28. The summed E-state index contributed by atoms with van der Waals surface area (Å²) >= 11 is 5.98. The maximum Gasteiger partial charge on any atom is 0.244 e. The zero-order chi connectivity index (χ0) is 12.1. The van der Waals surface area contributed by atoms with E-state index in [-0.39, 0.29) is 5.91 Å². The maximum absolute atomic E-state index is 11.5. The van der Waals surface area contributed by atoms with Crippen molar-refractivity contribution in [3.8, 4) is 0 Å². The Morgan fingerprint density at radius 3 is 2.82 bits per heavy atom. The molecule has 0 heterocycles. The molecule has 0 radical (unpaired) electrons. The molecular weight excluding hydrogens is 234 g/mol. The third kappa shape index (κ3) is 3.60. The van der Waals surface area contributed by atoms with Crippen LogP contribution in [0.25, 0.3) is 6.08 Å². The van der Waals surface area contributed by atoms with E-state index in [1.54, 1.807) is 12.2 Å². The van der Waals surface area contributed by atoms with Crippen LogP contribution in [-0.2, 0) is 4.79 Å². The van der Waals surface area contributed by atoms with Gasteiger partial charge in [0.2, 0.25) is 5.91 Å². The molecule has 0 atom stereocenters. The first-order chi connectivity index (χ1) is 8.25. The molecular formula is C14H16ClNO. The summed E-state index contributed by atoms with van der Waals surface area (Å²) in [7, 11) is 0. The van der Waals surface area contributed by atoms with Crippen molar-refractivity contribution in [3.05, 3.63) is 40.9 Å². The molecule has 1 aliphatic rings. The number of amides is 1. The Balaban J connectivity index is 1.82. The number of hydrogen-bond acceptors (Lipinski definition) is 1. The van der Waals surface area contributed by atoms with Gasteiger partial charge in [0.1, 0.15) is 0 Å². The van der Waals surface area contributed by atoms with Crippen LogP contribution >= 0.6 is 11.6 Å². The van der Waals surface area contributed by atoms with Crippen molar-refractivity contribution in [2.45, 2.75) is 19.3 Å². The van der Waals surface area contributed by atoms with Gasteiger partial charge in [-0.1, -0.05) is 36.2 Å². The van der Waals surface area contributed by atoms with Gasteiger partial charge in [0.15, 0.2) is 0 Å². The second-order valence-corrected chi connectivity index (χ2v) is 4.80. The molecule has 2 rings (SSSR count). The van der Waals surface area contributed by atoms with Gasteiger partial charge in [-0.3, -0.25) is 4.79 Å². The summed E-state index contributed by atoms with van der Waals surface area (Å²) in [5, 5.41) is 3.57. The number of nitrogens with one attached hydrogen (secondary N) is 1. The monoisotopic (exact) mass is 249 g/mol. The quantitative estimate of drug-likeness (QED) is 0.816. The summed E-state index contributed by atoms with van der Waals surface area (Å²) < 4.78 is 0. The van der Waals surface area contributed by atoms with Crippen LogP contribution in [0.1, 0.15) is 24.8 Å². The highest BCUT2D eigenvalue weighted by Crippen LogP contribution is 2.25. The predicted molar refractivity (Wildman–Crippen MR) is 70.8 cm³/mol. The van der Waals surface area contributed by atoms with E-state index in [1.807, 2.05) is 24.3 Å². The lowest BCUT2D eigenvalue weighted by Gasteiger charge is -2.24. The van der Waals surface area contributed by atoms with Crippen LogP contribution in [0, 0.1) is 5.92 Å². The minimum Gasteiger partial charge on any atom is -0.352 e. The third-order valence-corrected chi connectivity index (χ3v) is 3.45. The first-order valence-electron chi connectivity index (χ1n) is 5.96. The van der Waals surface area contributed by atoms with E-state index in [0.717, 1.165) is 12.1 Å². The molecule has 2 nitrogen and oxygen atoms in total. The molecule has 0 bridgehead atoms. The average Bonchev–Trinajstić information content (AvgIpc) is 2.26. The van der Waals surface area contributed by atoms with Crippen LogP contribution in [-0.4, -0.2) is 12.5 Å². The van der Waals surface area contributed by atoms with Crippen LogP contribution in [0.15, 0.2) is 30.3 Å². The summed E-state index contributed by atoms with van der Waals surface area (Å²) in [4.78, 5) is 11.5. The smallest absolute Gasteiger partial charge is 0.244 e. The highest BCUT2D eigenvalue weighted by Gasteiger charge is 2.17. The van der Waals surface area contributed by atoms with E-state index in [0.29, 0.717) is 10.9 Å². The first kappa shape index (κ1) is 12.2. The van der Waals surface area contributed by atoms with Crippen molar-refractivity contribution in [1.82, 2.24) is 5.32 Å². The molecule has 17 heavy (non-hydrogen) atoms. The maximum atomic E-state index is 11.5. The second kappa shape index (κ2) is 5.87. The average molecular weight is 250 g/mol. The Bertz CT molecular complexity index is 424. The predicted octanol–water partition coefficient (Wildman–Crippen LogP) is 3.27. The summed E-state index contributed by atoms with van der Waals surface area (Å²) in [6, 6.07) is 7.47. The highest BCUT2D eigenvalue weighted by molar-refractivity contribution is 6.32.